The number of hydrogen-bond acceptors (Lipinski definition) is 3. The van der Waals surface area contributed by atoms with Crippen molar-refractivity contribution in [1.82, 2.24) is 0 Å². The number of quaternary nitrogens is 1. The Morgan fingerprint density at radius 3 is 1.71 bits per heavy atom. The summed E-state index contributed by atoms with van der Waals surface area (Å²) in [7, 11) is 4.00. The van der Waals surface area contributed by atoms with Crippen LogP contribution in [0.5, 0.6) is 0 Å². The predicted octanol–water partition coefficient (Wildman–Crippen LogP) is 4.12. The second-order valence-corrected chi connectivity index (χ2v) is 8.05. The Kier molecular flexibility index (Phi) is 15.0. The first-order valence-corrected chi connectivity index (χ1v) is 10.6. The molecule has 0 bridgehead atoms. The van der Waals surface area contributed by atoms with Gasteiger partial charge in [0.15, 0.2) is 6.54 Å². The molecule has 0 saturated heterocycles. The maximum atomic E-state index is 10.7. The molecule has 0 radical (unpaired) electrons. The van der Waals surface area contributed by atoms with Gasteiger partial charge < -0.3 is 19.5 Å². The standard InChI is InChI=1S/C16H33NO2.C7H6O2/c1-4-5-6-7-8-9-10-11-12-13-14-17(2,3)15-16(18)19;8-7(9)6-4-2-1-3-5-6/h4-15H2,1-3H3;1-5H,(H,8,9). The Labute approximate surface area is 171 Å². The molecule has 0 atom stereocenters. The SMILES string of the molecule is CCCCCCCCCCCC[N+](C)(C)CC(=O)O.O=C([O-])c1ccccc1. The van der Waals surface area contributed by atoms with Crippen LogP contribution in [0.2, 0.25) is 0 Å². The maximum absolute atomic E-state index is 10.7. The van der Waals surface area contributed by atoms with E-state index in [0.29, 0.717) is 4.48 Å². The van der Waals surface area contributed by atoms with Crippen LogP contribution in [0.15, 0.2) is 30.3 Å². The molecule has 1 rings (SSSR count). The van der Waals surface area contributed by atoms with E-state index in [-0.39, 0.29) is 12.1 Å². The highest BCUT2D eigenvalue weighted by Crippen LogP contribution is 2.11. The van der Waals surface area contributed by atoms with Gasteiger partial charge in [-0.3, -0.25) is 0 Å². The van der Waals surface area contributed by atoms with Gasteiger partial charge in [0.2, 0.25) is 0 Å². The molecule has 0 aliphatic carbocycles. The van der Waals surface area contributed by atoms with Crippen LogP contribution in [0.1, 0.15) is 81.5 Å². The van der Waals surface area contributed by atoms with Gasteiger partial charge in [0.1, 0.15) is 0 Å². The summed E-state index contributed by atoms with van der Waals surface area (Å²) in [6.45, 7) is 3.46. The molecule has 0 spiro atoms. The lowest BCUT2D eigenvalue weighted by Gasteiger charge is -2.27. The molecule has 0 aliphatic heterocycles. The zero-order chi connectivity index (χ0) is 21.3. The average molecular weight is 394 g/mol. The molecule has 1 aromatic carbocycles. The number of likely N-dealkylation sites (N-methyl/N-ethyl adjacent to an activating group) is 1. The van der Waals surface area contributed by atoms with E-state index in [2.05, 4.69) is 6.92 Å². The highest BCUT2D eigenvalue weighted by molar-refractivity contribution is 5.85. The van der Waals surface area contributed by atoms with E-state index in [1.165, 1.54) is 69.9 Å². The summed E-state index contributed by atoms with van der Waals surface area (Å²) in [4.78, 5) is 20.8. The van der Waals surface area contributed by atoms with Gasteiger partial charge >= 0.3 is 5.97 Å². The largest absolute Gasteiger partial charge is 0.545 e. The van der Waals surface area contributed by atoms with Gasteiger partial charge in [-0.1, -0.05) is 88.6 Å². The highest BCUT2D eigenvalue weighted by atomic mass is 16.4. The van der Waals surface area contributed by atoms with E-state index in [9.17, 15) is 14.7 Å². The lowest BCUT2D eigenvalue weighted by atomic mass is 10.1. The number of carbonyl (C=O) groups is 2. The lowest BCUT2D eigenvalue weighted by Crippen LogP contribution is -2.44. The summed E-state index contributed by atoms with van der Waals surface area (Å²) in [6.07, 6.45) is 13.3. The van der Waals surface area contributed by atoms with Crippen molar-refractivity contribution in [2.75, 3.05) is 27.2 Å². The van der Waals surface area contributed by atoms with Gasteiger partial charge in [-0.15, -0.1) is 0 Å². The zero-order valence-electron chi connectivity index (χ0n) is 18.0. The topological polar surface area (TPSA) is 77.4 Å². The molecule has 0 unspecified atom stereocenters. The number of hydrogen-bond donors (Lipinski definition) is 1. The van der Waals surface area contributed by atoms with Crippen molar-refractivity contribution in [3.8, 4) is 0 Å². The number of aromatic carboxylic acids is 1. The van der Waals surface area contributed by atoms with Crippen LogP contribution in [0.3, 0.4) is 0 Å². The number of benzene rings is 1. The molecule has 0 heterocycles. The summed E-state index contributed by atoms with van der Waals surface area (Å²) in [5.74, 6) is -1.83. The molecule has 5 heteroatoms. The summed E-state index contributed by atoms with van der Waals surface area (Å²) >= 11 is 0. The van der Waals surface area contributed by atoms with Crippen LogP contribution in [-0.2, 0) is 4.79 Å². The third kappa shape index (κ3) is 16.3. The number of aliphatic carboxylic acids is 1. The Morgan fingerprint density at radius 2 is 1.32 bits per heavy atom. The minimum atomic E-state index is -1.13. The number of carbonyl (C=O) groups excluding carboxylic acids is 1. The maximum Gasteiger partial charge on any atom is 0.359 e. The molecular weight excluding hydrogens is 354 g/mol. The summed E-state index contributed by atoms with van der Waals surface area (Å²) in [5.41, 5.74) is 0.220. The predicted molar refractivity (Wildman–Crippen MR) is 112 cm³/mol. The first kappa shape index (κ1) is 26.1. The molecule has 5 nitrogen and oxygen atoms in total. The van der Waals surface area contributed by atoms with Crippen LogP contribution >= 0.6 is 0 Å². The van der Waals surface area contributed by atoms with E-state index < -0.39 is 11.9 Å². The van der Waals surface area contributed by atoms with Gasteiger partial charge in [-0.2, -0.15) is 0 Å². The van der Waals surface area contributed by atoms with Crippen LogP contribution < -0.4 is 5.11 Å². The monoisotopic (exact) mass is 393 g/mol. The Morgan fingerprint density at radius 1 is 0.857 bits per heavy atom. The summed E-state index contributed by atoms with van der Waals surface area (Å²) in [6, 6.07) is 8.06. The number of unbranched alkanes of at least 4 members (excludes halogenated alkanes) is 9. The van der Waals surface area contributed by atoms with E-state index >= 15 is 0 Å². The van der Waals surface area contributed by atoms with Gasteiger partial charge in [0.05, 0.1) is 26.6 Å². The number of carboxylic acids is 2. The van der Waals surface area contributed by atoms with Crippen LogP contribution in [-0.4, -0.2) is 48.7 Å². The fourth-order valence-electron chi connectivity index (χ4n) is 3.05. The molecular formula is C23H39NO4. The molecule has 0 aliphatic rings. The van der Waals surface area contributed by atoms with Crippen molar-refractivity contribution in [2.24, 2.45) is 0 Å². The first-order chi connectivity index (χ1) is 13.3. The minimum Gasteiger partial charge on any atom is -0.545 e. The van der Waals surface area contributed by atoms with Crippen molar-refractivity contribution in [3.63, 3.8) is 0 Å². The summed E-state index contributed by atoms with van der Waals surface area (Å²) in [5, 5.41) is 18.9. The van der Waals surface area contributed by atoms with E-state index in [4.69, 9.17) is 5.11 Å². The van der Waals surface area contributed by atoms with Gasteiger partial charge in [0, 0.05) is 0 Å². The van der Waals surface area contributed by atoms with Crippen LogP contribution in [0.25, 0.3) is 0 Å². The molecule has 0 amide bonds. The Bertz CT molecular complexity index is 529. The average Bonchev–Trinajstić information content (AvgIpc) is 2.63. The van der Waals surface area contributed by atoms with Crippen molar-refractivity contribution < 1.29 is 24.3 Å². The van der Waals surface area contributed by atoms with Crippen molar-refractivity contribution >= 4 is 11.9 Å². The molecule has 1 aromatic rings. The first-order valence-electron chi connectivity index (χ1n) is 10.6. The minimum absolute atomic E-state index is 0.220. The fraction of sp³-hybridized carbons (Fsp3) is 0.652. The van der Waals surface area contributed by atoms with Crippen LogP contribution in [0.4, 0.5) is 0 Å². The Hall–Kier alpha value is -1.88. The van der Waals surface area contributed by atoms with E-state index in [0.717, 1.165) is 13.0 Å². The number of carboxylic acid groups (broad SMARTS) is 2. The molecule has 1 N–H and O–H groups in total. The quantitative estimate of drug-likeness (QED) is 0.381. The second kappa shape index (κ2) is 16.1. The van der Waals surface area contributed by atoms with E-state index in [1.54, 1.807) is 18.2 Å². The van der Waals surface area contributed by atoms with Crippen molar-refractivity contribution in [2.45, 2.75) is 71.1 Å². The van der Waals surface area contributed by atoms with Crippen molar-refractivity contribution in [1.29, 1.82) is 0 Å². The molecule has 160 valence electrons. The van der Waals surface area contributed by atoms with E-state index in [1.807, 2.05) is 14.1 Å². The number of rotatable bonds is 14. The third-order valence-corrected chi connectivity index (χ3v) is 4.69. The van der Waals surface area contributed by atoms with Gasteiger partial charge in [-0.25, -0.2) is 4.79 Å². The number of nitrogens with zero attached hydrogens (tertiary/aromatic N) is 1. The highest BCUT2D eigenvalue weighted by Gasteiger charge is 2.18. The van der Waals surface area contributed by atoms with Crippen molar-refractivity contribution in [3.05, 3.63) is 35.9 Å². The fourth-order valence-corrected chi connectivity index (χ4v) is 3.05. The van der Waals surface area contributed by atoms with Gasteiger partial charge in [-0.05, 0) is 18.4 Å². The lowest BCUT2D eigenvalue weighted by molar-refractivity contribution is -0.883. The third-order valence-electron chi connectivity index (χ3n) is 4.69. The van der Waals surface area contributed by atoms with Crippen LogP contribution in [0, 0.1) is 0 Å². The smallest absolute Gasteiger partial charge is 0.359 e. The molecule has 0 aromatic heterocycles. The molecule has 28 heavy (non-hydrogen) atoms. The normalized spacial score (nSPS) is 10.8. The summed E-state index contributed by atoms with van der Waals surface area (Å²) < 4.78 is 0.604. The second-order valence-electron chi connectivity index (χ2n) is 8.05. The Balaban J connectivity index is 0.000000668. The zero-order valence-corrected chi connectivity index (χ0v) is 18.0. The molecule has 0 fully saturated rings. The van der Waals surface area contributed by atoms with Gasteiger partial charge in [0.25, 0.3) is 0 Å². The molecule has 0 saturated carbocycles.